The average Bonchev–Trinajstić information content (AvgIpc) is 2.73. The van der Waals surface area contributed by atoms with Gasteiger partial charge in [-0.25, -0.2) is 9.69 Å². The van der Waals surface area contributed by atoms with E-state index in [0.29, 0.717) is 6.42 Å². The predicted octanol–water partition coefficient (Wildman–Crippen LogP) is 2.22. The summed E-state index contributed by atoms with van der Waals surface area (Å²) in [6.45, 7) is 7.33. The number of fused-ring (bicyclic) bond motifs is 1. The molecule has 104 valence electrons. The molecule has 1 spiro atoms. The van der Waals surface area contributed by atoms with Gasteiger partial charge in [0.15, 0.2) is 5.72 Å². The first-order valence-corrected chi connectivity index (χ1v) is 6.62. The van der Waals surface area contributed by atoms with Gasteiger partial charge >= 0.3 is 6.09 Å². The maximum Gasteiger partial charge on any atom is 0.419 e. The smallest absolute Gasteiger partial charge is 0.419 e. The quantitative estimate of drug-likeness (QED) is 0.630. The molecule has 0 N–H and O–H groups in total. The van der Waals surface area contributed by atoms with E-state index in [0.717, 1.165) is 11.3 Å². The van der Waals surface area contributed by atoms with Gasteiger partial charge in [-0.1, -0.05) is 6.08 Å². The monoisotopic (exact) mass is 265 g/mol. The highest BCUT2D eigenvalue weighted by Gasteiger charge is 2.66. The number of imide groups is 1. The van der Waals surface area contributed by atoms with Crippen molar-refractivity contribution < 1.29 is 19.1 Å². The minimum atomic E-state index is -0.909. The highest BCUT2D eigenvalue weighted by atomic mass is 16.6. The number of hydrogen-bond acceptors (Lipinski definition) is 4. The molecule has 5 nitrogen and oxygen atoms in total. The lowest BCUT2D eigenvalue weighted by atomic mass is 9.84. The molecule has 0 aromatic carbocycles. The largest absolute Gasteiger partial charge is 0.443 e. The molecule has 19 heavy (non-hydrogen) atoms. The molecule has 0 unspecified atom stereocenters. The fourth-order valence-corrected chi connectivity index (χ4v) is 3.27. The summed E-state index contributed by atoms with van der Waals surface area (Å²) in [7, 11) is 0. The van der Waals surface area contributed by atoms with Crippen LogP contribution < -0.4 is 0 Å². The number of likely N-dealkylation sites (tertiary alicyclic amines) is 1. The second-order valence-electron chi connectivity index (χ2n) is 6.81. The van der Waals surface area contributed by atoms with Gasteiger partial charge in [-0.2, -0.15) is 0 Å². The van der Waals surface area contributed by atoms with Crippen LogP contribution in [-0.2, 0) is 14.3 Å². The Labute approximate surface area is 112 Å². The van der Waals surface area contributed by atoms with Crippen LogP contribution in [0.15, 0.2) is 12.2 Å². The molecule has 3 aliphatic rings. The van der Waals surface area contributed by atoms with Gasteiger partial charge in [0.2, 0.25) is 5.91 Å². The van der Waals surface area contributed by atoms with Crippen LogP contribution >= 0.6 is 0 Å². The van der Waals surface area contributed by atoms with Gasteiger partial charge in [0.05, 0.1) is 5.60 Å². The van der Waals surface area contributed by atoms with E-state index in [4.69, 9.17) is 9.47 Å². The molecule has 0 saturated carbocycles. The summed E-state index contributed by atoms with van der Waals surface area (Å²) in [4.78, 5) is 25.5. The van der Waals surface area contributed by atoms with E-state index in [-0.39, 0.29) is 17.4 Å². The van der Waals surface area contributed by atoms with Crippen molar-refractivity contribution in [3.05, 3.63) is 12.2 Å². The first-order valence-electron chi connectivity index (χ1n) is 6.62. The zero-order chi connectivity index (χ0) is 14.1. The van der Waals surface area contributed by atoms with E-state index in [1.165, 1.54) is 0 Å². The van der Waals surface area contributed by atoms with Crippen LogP contribution in [0.3, 0.4) is 0 Å². The maximum absolute atomic E-state index is 12.3. The van der Waals surface area contributed by atoms with Crippen LogP contribution in [0.2, 0.25) is 0 Å². The van der Waals surface area contributed by atoms with Crippen molar-refractivity contribution >= 4 is 12.0 Å². The summed E-state index contributed by atoms with van der Waals surface area (Å²) >= 11 is 0. The number of hydrogen-bond donors (Lipinski definition) is 0. The zero-order valence-corrected chi connectivity index (χ0v) is 11.7. The van der Waals surface area contributed by atoms with Crippen molar-refractivity contribution in [2.24, 2.45) is 5.92 Å². The summed E-state index contributed by atoms with van der Waals surface area (Å²) in [5.74, 6) is -0.171. The number of carbonyl (C=O) groups excluding carboxylic acids is 2. The van der Waals surface area contributed by atoms with Crippen LogP contribution in [0.1, 0.15) is 40.5 Å². The highest BCUT2D eigenvalue weighted by Crippen LogP contribution is 2.56. The SMILES string of the molecule is CC(C)(C)OC(=O)N1C(=O)C[C@@H]2C[C@@]3(C)C=C[C@]21O3. The topological polar surface area (TPSA) is 55.8 Å². The van der Waals surface area contributed by atoms with E-state index in [2.05, 4.69) is 0 Å². The molecule has 0 aromatic heterocycles. The summed E-state index contributed by atoms with van der Waals surface area (Å²) in [5, 5.41) is 0. The van der Waals surface area contributed by atoms with Crippen LogP contribution in [0.5, 0.6) is 0 Å². The lowest BCUT2D eigenvalue weighted by molar-refractivity contribution is -0.146. The van der Waals surface area contributed by atoms with Crippen molar-refractivity contribution in [1.29, 1.82) is 0 Å². The molecule has 2 amide bonds. The summed E-state index contributed by atoms with van der Waals surface area (Å²) in [6.07, 6.45) is 4.29. The average molecular weight is 265 g/mol. The Morgan fingerprint density at radius 1 is 1.47 bits per heavy atom. The Kier molecular flexibility index (Phi) is 2.26. The summed E-state index contributed by atoms with van der Waals surface area (Å²) in [5.41, 5.74) is -1.89. The molecule has 5 heteroatoms. The predicted molar refractivity (Wildman–Crippen MR) is 67.2 cm³/mol. The van der Waals surface area contributed by atoms with Crippen molar-refractivity contribution in [3.8, 4) is 0 Å². The molecule has 3 rings (SSSR count). The highest BCUT2D eigenvalue weighted by molar-refractivity contribution is 5.96. The van der Waals surface area contributed by atoms with Crippen molar-refractivity contribution in [2.45, 2.75) is 57.5 Å². The Balaban J connectivity index is 1.91. The van der Waals surface area contributed by atoms with Gasteiger partial charge in [-0.3, -0.25) is 4.79 Å². The maximum atomic E-state index is 12.3. The third-order valence-corrected chi connectivity index (χ3v) is 3.90. The first-order chi connectivity index (χ1) is 8.65. The third-order valence-electron chi connectivity index (χ3n) is 3.90. The molecular formula is C14H19NO4. The molecule has 2 bridgehead atoms. The molecule has 0 aliphatic carbocycles. The van der Waals surface area contributed by atoms with Crippen LogP contribution in [0, 0.1) is 5.92 Å². The van der Waals surface area contributed by atoms with Gasteiger partial charge in [0.1, 0.15) is 5.60 Å². The molecule has 0 aromatic rings. The van der Waals surface area contributed by atoms with Gasteiger partial charge < -0.3 is 9.47 Å². The van der Waals surface area contributed by atoms with E-state index < -0.39 is 17.4 Å². The van der Waals surface area contributed by atoms with Crippen LogP contribution in [0.4, 0.5) is 4.79 Å². The van der Waals surface area contributed by atoms with Crippen molar-refractivity contribution in [1.82, 2.24) is 4.90 Å². The van der Waals surface area contributed by atoms with Crippen LogP contribution in [0.25, 0.3) is 0 Å². The Morgan fingerprint density at radius 2 is 2.16 bits per heavy atom. The molecule has 0 radical (unpaired) electrons. The number of carbonyl (C=O) groups is 2. The van der Waals surface area contributed by atoms with Gasteiger partial charge in [-0.15, -0.1) is 0 Å². The molecule has 2 fully saturated rings. The second kappa shape index (κ2) is 3.39. The Morgan fingerprint density at radius 3 is 2.74 bits per heavy atom. The Hall–Kier alpha value is -1.36. The Bertz CT molecular complexity index is 492. The number of ether oxygens (including phenoxy) is 2. The van der Waals surface area contributed by atoms with Crippen LogP contribution in [-0.4, -0.2) is 33.8 Å². The molecule has 3 heterocycles. The van der Waals surface area contributed by atoms with E-state index in [1.807, 2.05) is 19.1 Å². The molecule has 2 saturated heterocycles. The van der Waals surface area contributed by atoms with Crippen molar-refractivity contribution in [2.75, 3.05) is 0 Å². The minimum absolute atomic E-state index is 0.0440. The second-order valence-corrected chi connectivity index (χ2v) is 6.81. The van der Waals surface area contributed by atoms with Gasteiger partial charge in [0, 0.05) is 12.3 Å². The first kappa shape index (κ1) is 12.7. The zero-order valence-electron chi connectivity index (χ0n) is 11.7. The number of rotatable bonds is 0. The standard InChI is InChI=1S/C14H19NO4/c1-12(2,3)18-11(17)15-10(16)7-9-8-13(4)5-6-14(9,15)19-13/h5-6,9H,7-8H2,1-4H3/t9-,13-,14+/m1/s1. The van der Waals surface area contributed by atoms with E-state index >= 15 is 0 Å². The lowest BCUT2D eigenvalue weighted by Gasteiger charge is -2.33. The molecular weight excluding hydrogens is 246 g/mol. The number of nitrogens with zero attached hydrogens (tertiary/aromatic N) is 1. The van der Waals surface area contributed by atoms with Gasteiger partial charge in [-0.05, 0) is 40.2 Å². The minimum Gasteiger partial charge on any atom is -0.443 e. The summed E-state index contributed by atoms with van der Waals surface area (Å²) < 4.78 is 11.3. The van der Waals surface area contributed by atoms with E-state index in [1.54, 1.807) is 20.8 Å². The lowest BCUT2D eigenvalue weighted by Crippen LogP contribution is -2.51. The third kappa shape index (κ3) is 1.71. The fourth-order valence-electron chi connectivity index (χ4n) is 3.27. The molecule has 3 atom stereocenters. The van der Waals surface area contributed by atoms with Gasteiger partial charge in [0.25, 0.3) is 0 Å². The molecule has 3 aliphatic heterocycles. The number of amides is 2. The fraction of sp³-hybridized carbons (Fsp3) is 0.714. The van der Waals surface area contributed by atoms with Crippen molar-refractivity contribution in [3.63, 3.8) is 0 Å². The van der Waals surface area contributed by atoms with E-state index in [9.17, 15) is 9.59 Å². The normalized spacial score (nSPS) is 39.9. The summed E-state index contributed by atoms with van der Waals surface area (Å²) in [6, 6.07) is 0.